The topological polar surface area (TPSA) is 84.3 Å². The van der Waals surface area contributed by atoms with E-state index in [1.54, 1.807) is 6.20 Å². The normalized spacial score (nSPS) is 14.7. The number of carbonyl (C=O) groups is 1. The van der Waals surface area contributed by atoms with Crippen LogP contribution in [0.4, 0.5) is 0 Å². The first kappa shape index (κ1) is 17.6. The van der Waals surface area contributed by atoms with Crippen molar-refractivity contribution in [2.24, 2.45) is 0 Å². The van der Waals surface area contributed by atoms with E-state index in [4.69, 9.17) is 0 Å². The van der Waals surface area contributed by atoms with E-state index in [0.29, 0.717) is 24.6 Å². The Bertz CT molecular complexity index is 852. The number of hydrogen-bond donors (Lipinski definition) is 1. The summed E-state index contributed by atoms with van der Waals surface area (Å²) in [5.74, 6) is 1.44. The lowest BCUT2D eigenvalue weighted by atomic mass is 10.2. The summed E-state index contributed by atoms with van der Waals surface area (Å²) in [6.07, 6.45) is 6.09. The summed E-state index contributed by atoms with van der Waals surface area (Å²) in [7, 11) is -0.533. The van der Waals surface area contributed by atoms with Gasteiger partial charge in [0.1, 0.15) is 5.82 Å². The summed E-state index contributed by atoms with van der Waals surface area (Å²) in [5.41, 5.74) is 0.436. The number of rotatable bonds is 7. The molecule has 3 rings (SSSR count). The third-order valence-corrected chi connectivity index (χ3v) is 6.05. The van der Waals surface area contributed by atoms with E-state index in [9.17, 15) is 13.2 Å². The van der Waals surface area contributed by atoms with Crippen molar-refractivity contribution in [1.29, 1.82) is 0 Å². The Morgan fingerprint density at radius 2 is 1.96 bits per heavy atom. The maximum absolute atomic E-state index is 12.2. The highest BCUT2D eigenvalue weighted by Gasteiger charge is 2.27. The highest BCUT2D eigenvalue weighted by atomic mass is 32.2. The molecule has 25 heavy (non-hydrogen) atoms. The van der Waals surface area contributed by atoms with Gasteiger partial charge in [-0.3, -0.25) is 4.79 Å². The zero-order valence-corrected chi connectivity index (χ0v) is 15.2. The third kappa shape index (κ3) is 3.91. The first-order chi connectivity index (χ1) is 11.9. The number of carbonyl (C=O) groups excluding carboxylic acids is 1. The van der Waals surface area contributed by atoms with E-state index in [0.717, 1.165) is 10.1 Å². The lowest BCUT2D eigenvalue weighted by molar-refractivity contribution is 0.0952. The maximum Gasteiger partial charge on any atom is 0.251 e. The molecule has 1 saturated carbocycles. The predicted octanol–water partition coefficient (Wildman–Crippen LogP) is 1.44. The Kier molecular flexibility index (Phi) is 4.91. The smallest absolute Gasteiger partial charge is 0.251 e. The van der Waals surface area contributed by atoms with Gasteiger partial charge in [0.2, 0.25) is 10.0 Å². The zero-order valence-electron chi connectivity index (χ0n) is 14.3. The van der Waals surface area contributed by atoms with Crippen LogP contribution in [-0.4, -0.2) is 48.8 Å². The highest BCUT2D eigenvalue weighted by molar-refractivity contribution is 7.89. The Morgan fingerprint density at radius 1 is 1.28 bits per heavy atom. The molecule has 7 nitrogen and oxygen atoms in total. The largest absolute Gasteiger partial charge is 0.350 e. The molecule has 1 heterocycles. The molecule has 1 aliphatic rings. The number of hydrogen-bond acceptors (Lipinski definition) is 4. The Hall–Kier alpha value is -2.19. The molecule has 8 heteroatoms. The third-order valence-electron chi connectivity index (χ3n) is 4.22. The molecular formula is C17H22N4O3S. The SMILES string of the molecule is CN(C)S(=O)(=O)c1ccc(C(=O)NCCn2ccnc2C2CC2)cc1. The molecule has 134 valence electrons. The van der Waals surface area contributed by atoms with Gasteiger partial charge in [-0.15, -0.1) is 0 Å². The molecule has 0 radical (unpaired) electrons. The lowest BCUT2D eigenvalue weighted by Crippen LogP contribution is -2.27. The van der Waals surface area contributed by atoms with Crippen LogP contribution in [0, 0.1) is 0 Å². The molecule has 0 aliphatic heterocycles. The molecule has 0 atom stereocenters. The molecule has 1 N–H and O–H groups in total. The fraction of sp³-hybridized carbons (Fsp3) is 0.412. The molecule has 1 amide bonds. The minimum atomic E-state index is -3.48. The summed E-state index contributed by atoms with van der Waals surface area (Å²) in [4.78, 5) is 16.7. The van der Waals surface area contributed by atoms with E-state index in [-0.39, 0.29) is 10.8 Å². The van der Waals surface area contributed by atoms with Crippen molar-refractivity contribution >= 4 is 15.9 Å². The second-order valence-electron chi connectivity index (χ2n) is 6.32. The molecular weight excluding hydrogens is 340 g/mol. The number of sulfonamides is 1. The Balaban J connectivity index is 1.57. The van der Waals surface area contributed by atoms with E-state index in [1.807, 2.05) is 6.20 Å². The van der Waals surface area contributed by atoms with Gasteiger partial charge in [0.25, 0.3) is 5.91 Å². The van der Waals surface area contributed by atoms with Crippen molar-refractivity contribution in [3.05, 3.63) is 48.0 Å². The van der Waals surface area contributed by atoms with Crippen molar-refractivity contribution < 1.29 is 13.2 Å². The van der Waals surface area contributed by atoms with Gasteiger partial charge in [-0.1, -0.05) is 0 Å². The van der Waals surface area contributed by atoms with Crippen molar-refractivity contribution in [3.8, 4) is 0 Å². The molecule has 1 aromatic carbocycles. The Morgan fingerprint density at radius 3 is 2.56 bits per heavy atom. The second kappa shape index (κ2) is 6.97. The average Bonchev–Trinajstić information content (AvgIpc) is 3.33. The van der Waals surface area contributed by atoms with Crippen LogP contribution in [0.2, 0.25) is 0 Å². The first-order valence-corrected chi connectivity index (χ1v) is 9.65. The van der Waals surface area contributed by atoms with Gasteiger partial charge < -0.3 is 9.88 Å². The quantitative estimate of drug-likeness (QED) is 0.808. The van der Waals surface area contributed by atoms with Gasteiger partial charge in [-0.2, -0.15) is 0 Å². The van der Waals surface area contributed by atoms with Gasteiger partial charge >= 0.3 is 0 Å². The highest BCUT2D eigenvalue weighted by Crippen LogP contribution is 2.38. The first-order valence-electron chi connectivity index (χ1n) is 8.21. The van der Waals surface area contributed by atoms with Crippen molar-refractivity contribution in [2.45, 2.75) is 30.2 Å². The lowest BCUT2D eigenvalue weighted by Gasteiger charge is -2.12. The summed E-state index contributed by atoms with van der Waals surface area (Å²) in [5, 5.41) is 2.86. The van der Waals surface area contributed by atoms with Crippen LogP contribution in [0.3, 0.4) is 0 Å². The maximum atomic E-state index is 12.2. The number of imidazole rings is 1. The fourth-order valence-electron chi connectivity index (χ4n) is 2.59. The summed E-state index contributed by atoms with van der Waals surface area (Å²) in [6.45, 7) is 1.16. The Labute approximate surface area is 147 Å². The van der Waals surface area contributed by atoms with Crippen LogP contribution in [0.1, 0.15) is 34.9 Å². The van der Waals surface area contributed by atoms with Gasteiger partial charge in [0, 0.05) is 51.1 Å². The number of nitrogens with one attached hydrogen (secondary N) is 1. The monoisotopic (exact) mass is 362 g/mol. The van der Waals surface area contributed by atoms with Crippen molar-refractivity contribution in [2.75, 3.05) is 20.6 Å². The molecule has 0 spiro atoms. The summed E-state index contributed by atoms with van der Waals surface area (Å²) in [6, 6.07) is 5.95. The van der Waals surface area contributed by atoms with Crippen molar-refractivity contribution in [1.82, 2.24) is 19.2 Å². The van der Waals surface area contributed by atoms with Crippen LogP contribution in [0.25, 0.3) is 0 Å². The van der Waals surface area contributed by atoms with E-state index in [2.05, 4.69) is 14.9 Å². The molecule has 2 aromatic rings. The second-order valence-corrected chi connectivity index (χ2v) is 8.47. The average molecular weight is 362 g/mol. The molecule has 0 unspecified atom stereocenters. The van der Waals surface area contributed by atoms with Crippen LogP contribution >= 0.6 is 0 Å². The van der Waals surface area contributed by atoms with E-state index < -0.39 is 10.0 Å². The zero-order chi connectivity index (χ0) is 18.0. The van der Waals surface area contributed by atoms with Crippen LogP contribution in [-0.2, 0) is 16.6 Å². The molecule has 1 aliphatic carbocycles. The molecule has 1 fully saturated rings. The van der Waals surface area contributed by atoms with Gasteiger partial charge in [-0.05, 0) is 37.1 Å². The minimum absolute atomic E-state index is 0.168. The van der Waals surface area contributed by atoms with E-state index >= 15 is 0 Å². The van der Waals surface area contributed by atoms with Crippen LogP contribution in [0.15, 0.2) is 41.6 Å². The van der Waals surface area contributed by atoms with Gasteiger partial charge in [-0.25, -0.2) is 17.7 Å². The van der Waals surface area contributed by atoms with Crippen molar-refractivity contribution in [3.63, 3.8) is 0 Å². The molecule has 0 saturated heterocycles. The standard InChI is InChI=1S/C17H22N4O3S/c1-20(2)25(23,24)15-7-5-14(6-8-15)17(22)19-10-12-21-11-9-18-16(21)13-3-4-13/h5-9,11,13H,3-4,10,12H2,1-2H3,(H,19,22). The van der Waals surface area contributed by atoms with E-state index in [1.165, 1.54) is 51.2 Å². The number of aromatic nitrogens is 2. The predicted molar refractivity (Wildman–Crippen MR) is 93.9 cm³/mol. The minimum Gasteiger partial charge on any atom is -0.350 e. The number of benzene rings is 1. The van der Waals surface area contributed by atoms with Crippen LogP contribution in [0.5, 0.6) is 0 Å². The summed E-state index contributed by atoms with van der Waals surface area (Å²) < 4.78 is 27.3. The molecule has 1 aromatic heterocycles. The molecule has 0 bridgehead atoms. The van der Waals surface area contributed by atoms with Gasteiger partial charge in [0.15, 0.2) is 0 Å². The number of amides is 1. The summed E-state index contributed by atoms with van der Waals surface area (Å²) >= 11 is 0. The van der Waals surface area contributed by atoms with Crippen LogP contribution < -0.4 is 5.32 Å². The number of nitrogens with zero attached hydrogens (tertiary/aromatic N) is 3. The fourth-order valence-corrected chi connectivity index (χ4v) is 3.49. The van der Waals surface area contributed by atoms with Gasteiger partial charge in [0.05, 0.1) is 4.90 Å².